The van der Waals surface area contributed by atoms with E-state index in [1.807, 2.05) is 30.5 Å². The van der Waals surface area contributed by atoms with Gasteiger partial charge in [-0.25, -0.2) is 0 Å². The van der Waals surface area contributed by atoms with Crippen molar-refractivity contribution in [3.05, 3.63) is 17.0 Å². The molecular weight excluding hydrogens is 236 g/mol. The smallest absolute Gasteiger partial charge is 0.222 e. The molecule has 94 valence electrons. The highest BCUT2D eigenvalue weighted by Gasteiger charge is 2.18. The van der Waals surface area contributed by atoms with Gasteiger partial charge in [0.2, 0.25) is 5.91 Å². The normalized spacial score (nSPS) is 16.2. The molecule has 0 unspecified atom stereocenters. The summed E-state index contributed by atoms with van der Waals surface area (Å²) in [6, 6.07) is 0. The number of carbonyl (C=O) groups is 1. The Labute approximate surface area is 106 Å². The van der Waals surface area contributed by atoms with Crippen molar-refractivity contribution in [1.29, 1.82) is 0 Å². The van der Waals surface area contributed by atoms with E-state index in [4.69, 9.17) is 4.52 Å². The minimum absolute atomic E-state index is 0.255. The first-order valence-electron chi connectivity index (χ1n) is 5.95. The highest BCUT2D eigenvalue weighted by Crippen LogP contribution is 2.16. The second kappa shape index (κ2) is 5.58. The molecule has 4 nitrogen and oxygen atoms in total. The van der Waals surface area contributed by atoms with E-state index in [2.05, 4.69) is 5.16 Å². The molecule has 1 aliphatic rings. The zero-order chi connectivity index (χ0) is 12.3. The van der Waals surface area contributed by atoms with E-state index in [9.17, 15) is 4.79 Å². The predicted octanol–water partition coefficient (Wildman–Crippen LogP) is 1.80. The van der Waals surface area contributed by atoms with Crippen LogP contribution < -0.4 is 0 Å². The van der Waals surface area contributed by atoms with E-state index in [1.165, 1.54) is 0 Å². The Bertz CT molecular complexity index is 378. The zero-order valence-electron chi connectivity index (χ0n) is 10.4. The van der Waals surface area contributed by atoms with Gasteiger partial charge >= 0.3 is 0 Å². The van der Waals surface area contributed by atoms with E-state index in [0.29, 0.717) is 6.42 Å². The van der Waals surface area contributed by atoms with Crippen LogP contribution >= 0.6 is 11.8 Å². The number of aryl methyl sites for hydroxylation is 2. The van der Waals surface area contributed by atoms with Gasteiger partial charge in [-0.1, -0.05) is 5.16 Å². The summed E-state index contributed by atoms with van der Waals surface area (Å²) in [5.74, 6) is 3.23. The van der Waals surface area contributed by atoms with Crippen LogP contribution in [0, 0.1) is 13.8 Å². The van der Waals surface area contributed by atoms with Gasteiger partial charge < -0.3 is 9.42 Å². The molecule has 0 N–H and O–H groups in total. The average Bonchev–Trinajstić information content (AvgIpc) is 2.67. The summed E-state index contributed by atoms with van der Waals surface area (Å²) in [6.45, 7) is 5.61. The lowest BCUT2D eigenvalue weighted by molar-refractivity contribution is -0.130. The highest BCUT2D eigenvalue weighted by molar-refractivity contribution is 7.99. The van der Waals surface area contributed by atoms with Crippen LogP contribution in [0.2, 0.25) is 0 Å². The van der Waals surface area contributed by atoms with Crippen LogP contribution in [0.1, 0.15) is 23.4 Å². The first-order chi connectivity index (χ1) is 8.18. The second-order valence-electron chi connectivity index (χ2n) is 4.30. The standard InChI is InChI=1S/C12H18N2O2S/c1-9-11(10(2)16-13-9)3-4-12(15)14-5-7-17-8-6-14/h3-8H2,1-2H3. The number of hydrogen-bond acceptors (Lipinski definition) is 4. The minimum Gasteiger partial charge on any atom is -0.361 e. The molecule has 17 heavy (non-hydrogen) atoms. The van der Waals surface area contributed by atoms with Crippen molar-refractivity contribution in [3.8, 4) is 0 Å². The lowest BCUT2D eigenvalue weighted by Crippen LogP contribution is -2.38. The van der Waals surface area contributed by atoms with Gasteiger partial charge in [0.1, 0.15) is 5.76 Å². The molecule has 2 heterocycles. The van der Waals surface area contributed by atoms with Gasteiger partial charge in [-0.2, -0.15) is 11.8 Å². The van der Waals surface area contributed by atoms with Gasteiger partial charge in [0.05, 0.1) is 5.69 Å². The molecule has 0 aromatic carbocycles. The average molecular weight is 254 g/mol. The molecule has 0 atom stereocenters. The molecular formula is C12H18N2O2S. The molecule has 5 heteroatoms. The van der Waals surface area contributed by atoms with Gasteiger partial charge in [-0.05, 0) is 20.3 Å². The molecule has 0 bridgehead atoms. The molecule has 1 aromatic rings. The minimum atomic E-state index is 0.255. The van der Waals surface area contributed by atoms with Crippen molar-refractivity contribution < 1.29 is 9.32 Å². The van der Waals surface area contributed by atoms with Crippen LogP contribution in [-0.4, -0.2) is 40.6 Å². The Balaban J connectivity index is 1.87. The fraction of sp³-hybridized carbons (Fsp3) is 0.667. The summed E-state index contributed by atoms with van der Waals surface area (Å²) in [4.78, 5) is 13.9. The molecule has 0 aliphatic carbocycles. The summed E-state index contributed by atoms with van der Waals surface area (Å²) in [5, 5.41) is 3.90. The van der Waals surface area contributed by atoms with Crippen molar-refractivity contribution in [1.82, 2.24) is 10.1 Å². The third-order valence-corrected chi connectivity index (χ3v) is 4.08. The van der Waals surface area contributed by atoms with E-state index >= 15 is 0 Å². The molecule has 0 spiro atoms. The Kier molecular flexibility index (Phi) is 4.10. The van der Waals surface area contributed by atoms with E-state index in [-0.39, 0.29) is 5.91 Å². The topological polar surface area (TPSA) is 46.3 Å². The van der Waals surface area contributed by atoms with Crippen molar-refractivity contribution >= 4 is 17.7 Å². The van der Waals surface area contributed by atoms with Crippen molar-refractivity contribution in [2.24, 2.45) is 0 Å². The summed E-state index contributed by atoms with van der Waals surface area (Å²) in [6.07, 6.45) is 1.30. The maximum atomic E-state index is 12.0. The van der Waals surface area contributed by atoms with Gasteiger partial charge in [-0.3, -0.25) is 4.79 Å². The molecule has 1 amide bonds. The molecule has 1 aromatic heterocycles. The monoisotopic (exact) mass is 254 g/mol. The fourth-order valence-corrected chi connectivity index (χ4v) is 2.96. The number of aromatic nitrogens is 1. The molecule has 1 fully saturated rings. The van der Waals surface area contributed by atoms with E-state index in [1.54, 1.807) is 0 Å². The first kappa shape index (κ1) is 12.5. The number of carbonyl (C=O) groups excluding carboxylic acids is 1. The Morgan fingerprint density at radius 1 is 1.41 bits per heavy atom. The molecule has 0 saturated carbocycles. The quantitative estimate of drug-likeness (QED) is 0.825. The van der Waals surface area contributed by atoms with Crippen LogP contribution in [0.3, 0.4) is 0 Å². The number of amides is 1. The molecule has 2 rings (SSSR count). The Morgan fingerprint density at radius 2 is 2.12 bits per heavy atom. The maximum Gasteiger partial charge on any atom is 0.222 e. The summed E-state index contributed by atoms with van der Waals surface area (Å²) >= 11 is 1.92. The Morgan fingerprint density at radius 3 is 2.71 bits per heavy atom. The largest absolute Gasteiger partial charge is 0.361 e. The first-order valence-corrected chi connectivity index (χ1v) is 7.11. The van der Waals surface area contributed by atoms with Crippen molar-refractivity contribution in [3.63, 3.8) is 0 Å². The summed E-state index contributed by atoms with van der Waals surface area (Å²) in [5.41, 5.74) is 1.99. The van der Waals surface area contributed by atoms with Gasteiger partial charge in [0, 0.05) is 36.6 Å². The molecule has 0 radical (unpaired) electrons. The van der Waals surface area contributed by atoms with Gasteiger partial charge in [-0.15, -0.1) is 0 Å². The molecule has 1 aliphatic heterocycles. The number of thioether (sulfide) groups is 1. The third-order valence-electron chi connectivity index (χ3n) is 3.13. The number of hydrogen-bond donors (Lipinski definition) is 0. The molecule has 1 saturated heterocycles. The SMILES string of the molecule is Cc1noc(C)c1CCC(=O)N1CCSCC1. The Hall–Kier alpha value is -0.970. The maximum absolute atomic E-state index is 12.0. The zero-order valence-corrected chi connectivity index (χ0v) is 11.2. The predicted molar refractivity (Wildman–Crippen MR) is 68.2 cm³/mol. The van der Waals surface area contributed by atoms with E-state index < -0.39 is 0 Å². The van der Waals surface area contributed by atoms with Crippen molar-refractivity contribution in [2.45, 2.75) is 26.7 Å². The van der Waals surface area contributed by atoms with Crippen LogP contribution in [0.5, 0.6) is 0 Å². The van der Waals surface area contributed by atoms with Gasteiger partial charge in [0.15, 0.2) is 0 Å². The third kappa shape index (κ3) is 3.03. The summed E-state index contributed by atoms with van der Waals surface area (Å²) < 4.78 is 5.09. The van der Waals surface area contributed by atoms with Crippen LogP contribution in [0.25, 0.3) is 0 Å². The number of nitrogens with zero attached hydrogens (tertiary/aromatic N) is 2. The van der Waals surface area contributed by atoms with Gasteiger partial charge in [0.25, 0.3) is 0 Å². The second-order valence-corrected chi connectivity index (χ2v) is 5.52. The lowest BCUT2D eigenvalue weighted by atomic mass is 10.1. The number of rotatable bonds is 3. The summed E-state index contributed by atoms with van der Waals surface area (Å²) in [7, 11) is 0. The van der Waals surface area contributed by atoms with Crippen LogP contribution in [0.15, 0.2) is 4.52 Å². The van der Waals surface area contributed by atoms with E-state index in [0.717, 1.165) is 48.0 Å². The van der Waals surface area contributed by atoms with Crippen LogP contribution in [-0.2, 0) is 11.2 Å². The fourth-order valence-electron chi connectivity index (χ4n) is 2.06. The highest BCUT2D eigenvalue weighted by atomic mass is 32.2. The lowest BCUT2D eigenvalue weighted by Gasteiger charge is -2.26. The van der Waals surface area contributed by atoms with Crippen LogP contribution in [0.4, 0.5) is 0 Å². The van der Waals surface area contributed by atoms with Crippen molar-refractivity contribution in [2.75, 3.05) is 24.6 Å².